The molecule has 7 heteroatoms. The number of allylic oxidation sites excluding steroid dienone is 2. The summed E-state index contributed by atoms with van der Waals surface area (Å²) in [5.41, 5.74) is 0. The Kier molecular flexibility index (Phi) is 7.89. The molecule has 0 aromatic rings. The van der Waals surface area contributed by atoms with Gasteiger partial charge in [-0.15, -0.1) is 0 Å². The van der Waals surface area contributed by atoms with Crippen LogP contribution in [0.25, 0.3) is 0 Å². The zero-order valence-corrected chi connectivity index (χ0v) is 19.7. The zero-order valence-electron chi connectivity index (χ0n) is 19.7. The standard InChI is InChI=1S/C25H41F2N3O2/c1-3-30(25(26,27)16-31)12-7-13-32-21-11-10-19(18-8-5-4-6-9-18)22-20-14-17(2)15-28-24(20)29-23(21)22/h5,8,17-23,31H,3-4,6-7,9-16H2,1-2H3,(H,28,29). The van der Waals surface area contributed by atoms with Gasteiger partial charge in [0.05, 0.1) is 12.1 Å². The number of nitrogens with one attached hydrogen (secondary N) is 1. The van der Waals surface area contributed by atoms with E-state index in [2.05, 4.69) is 24.4 Å². The number of rotatable bonds is 9. The van der Waals surface area contributed by atoms with E-state index < -0.39 is 12.7 Å². The molecule has 7 atom stereocenters. The van der Waals surface area contributed by atoms with E-state index in [-0.39, 0.29) is 25.2 Å². The molecule has 4 rings (SSSR count). The van der Waals surface area contributed by atoms with E-state index in [4.69, 9.17) is 14.8 Å². The van der Waals surface area contributed by atoms with E-state index in [1.54, 1.807) is 6.92 Å². The van der Waals surface area contributed by atoms with Crippen LogP contribution in [0.3, 0.4) is 0 Å². The number of hydrogen-bond donors (Lipinski definition) is 2. The van der Waals surface area contributed by atoms with E-state index in [1.165, 1.54) is 37.9 Å². The maximum atomic E-state index is 13.8. The Labute approximate surface area is 191 Å². The number of likely N-dealkylation sites (N-methyl/N-ethyl adjacent to an activating group) is 1. The Hall–Kier alpha value is -1.05. The van der Waals surface area contributed by atoms with Gasteiger partial charge in [0.15, 0.2) is 0 Å². The Bertz CT molecular complexity index is 686. The van der Waals surface area contributed by atoms with Gasteiger partial charge in [0.2, 0.25) is 0 Å². The van der Waals surface area contributed by atoms with Gasteiger partial charge >= 0.3 is 6.05 Å². The minimum Gasteiger partial charge on any atom is -0.389 e. The molecule has 182 valence electrons. The van der Waals surface area contributed by atoms with Gasteiger partial charge in [-0.3, -0.25) is 4.99 Å². The summed E-state index contributed by atoms with van der Waals surface area (Å²) >= 11 is 0. The van der Waals surface area contributed by atoms with Crippen molar-refractivity contribution in [3.8, 4) is 0 Å². The molecule has 0 spiro atoms. The smallest absolute Gasteiger partial charge is 0.327 e. The second-order valence-electron chi connectivity index (χ2n) is 10.4. The molecular weight excluding hydrogens is 412 g/mol. The van der Waals surface area contributed by atoms with Crippen LogP contribution in [0.2, 0.25) is 0 Å². The van der Waals surface area contributed by atoms with Crippen LogP contribution in [0.1, 0.15) is 58.8 Å². The Morgan fingerprint density at radius 2 is 2.16 bits per heavy atom. The molecule has 1 saturated heterocycles. The number of fused-ring (bicyclic) bond motifs is 3. The summed E-state index contributed by atoms with van der Waals surface area (Å²) in [6.07, 6.45) is 12.7. The summed E-state index contributed by atoms with van der Waals surface area (Å²) in [7, 11) is 0. The van der Waals surface area contributed by atoms with Gasteiger partial charge in [-0.05, 0) is 68.6 Å². The van der Waals surface area contributed by atoms with Crippen molar-refractivity contribution in [1.82, 2.24) is 10.2 Å². The van der Waals surface area contributed by atoms with Crippen molar-refractivity contribution in [3.05, 3.63) is 12.2 Å². The van der Waals surface area contributed by atoms with Gasteiger partial charge in [0.1, 0.15) is 12.4 Å². The number of amidine groups is 1. The number of ether oxygens (including phenoxy) is 1. The Balaban J connectivity index is 1.40. The number of hydrogen-bond acceptors (Lipinski definition) is 5. The third kappa shape index (κ3) is 5.05. The molecule has 1 saturated carbocycles. The van der Waals surface area contributed by atoms with Crippen molar-refractivity contribution in [2.24, 2.45) is 34.6 Å². The third-order valence-electron chi connectivity index (χ3n) is 8.23. The zero-order chi connectivity index (χ0) is 22.7. The quantitative estimate of drug-likeness (QED) is 0.314. The second-order valence-corrected chi connectivity index (χ2v) is 10.4. The molecule has 2 aliphatic carbocycles. The maximum Gasteiger partial charge on any atom is 0.327 e. The topological polar surface area (TPSA) is 57.1 Å². The highest BCUT2D eigenvalue weighted by Crippen LogP contribution is 2.49. The van der Waals surface area contributed by atoms with Crippen LogP contribution in [-0.2, 0) is 4.74 Å². The first-order valence-electron chi connectivity index (χ1n) is 12.8. The molecule has 7 unspecified atom stereocenters. The number of nitrogens with zero attached hydrogens (tertiary/aromatic N) is 2. The highest BCUT2D eigenvalue weighted by molar-refractivity contribution is 5.88. The van der Waals surface area contributed by atoms with E-state index in [1.807, 2.05) is 0 Å². The number of alkyl halides is 2. The van der Waals surface area contributed by atoms with Crippen LogP contribution < -0.4 is 5.32 Å². The lowest BCUT2D eigenvalue weighted by Gasteiger charge is -2.44. The van der Waals surface area contributed by atoms with Crippen LogP contribution >= 0.6 is 0 Å². The SMILES string of the molecule is CCN(CCCOC1CCC(C2C=CCCC2)C2C3CC(C)CN=C3NC12)C(F)(F)CO. The molecule has 4 aliphatic rings. The van der Waals surface area contributed by atoms with Crippen LogP contribution in [0, 0.1) is 29.6 Å². The predicted molar refractivity (Wildman–Crippen MR) is 123 cm³/mol. The van der Waals surface area contributed by atoms with Gasteiger partial charge in [-0.25, -0.2) is 4.90 Å². The van der Waals surface area contributed by atoms with E-state index >= 15 is 0 Å². The largest absolute Gasteiger partial charge is 0.389 e. The molecule has 32 heavy (non-hydrogen) atoms. The van der Waals surface area contributed by atoms with Crippen LogP contribution in [0.5, 0.6) is 0 Å². The molecule has 2 fully saturated rings. The Morgan fingerprint density at radius 1 is 1.31 bits per heavy atom. The lowest BCUT2D eigenvalue weighted by atomic mass is 9.63. The summed E-state index contributed by atoms with van der Waals surface area (Å²) in [6, 6.07) is -2.89. The lowest BCUT2D eigenvalue weighted by molar-refractivity contribution is -0.173. The summed E-state index contributed by atoms with van der Waals surface area (Å²) in [4.78, 5) is 5.93. The van der Waals surface area contributed by atoms with Crippen molar-refractivity contribution < 1.29 is 18.6 Å². The molecular formula is C25H41F2N3O2. The van der Waals surface area contributed by atoms with Crippen molar-refractivity contribution in [2.75, 3.05) is 32.8 Å². The van der Waals surface area contributed by atoms with E-state index in [0.717, 1.165) is 17.9 Å². The fourth-order valence-electron chi connectivity index (χ4n) is 6.66. The summed E-state index contributed by atoms with van der Waals surface area (Å²) in [6.45, 7) is 4.67. The number of aliphatic hydroxyl groups excluding tert-OH is 1. The molecule has 2 N–H and O–H groups in total. The molecule has 0 bridgehead atoms. The first-order chi connectivity index (χ1) is 15.4. The molecule has 0 amide bonds. The van der Waals surface area contributed by atoms with E-state index in [9.17, 15) is 8.78 Å². The third-order valence-corrected chi connectivity index (χ3v) is 8.23. The molecule has 0 aromatic carbocycles. The maximum absolute atomic E-state index is 13.8. The monoisotopic (exact) mass is 453 g/mol. The van der Waals surface area contributed by atoms with Crippen molar-refractivity contribution >= 4 is 5.84 Å². The fourth-order valence-corrected chi connectivity index (χ4v) is 6.66. The fraction of sp³-hybridized carbons (Fsp3) is 0.880. The highest BCUT2D eigenvalue weighted by atomic mass is 19.3. The molecule has 2 heterocycles. The summed E-state index contributed by atoms with van der Waals surface area (Å²) in [5, 5.41) is 12.7. The minimum atomic E-state index is -3.16. The average molecular weight is 454 g/mol. The van der Waals surface area contributed by atoms with Crippen molar-refractivity contribution in [1.29, 1.82) is 0 Å². The first kappa shape index (κ1) is 24.1. The highest BCUT2D eigenvalue weighted by Gasteiger charge is 2.52. The molecule has 0 aromatic heterocycles. The number of aliphatic imine (C=N–C) groups is 1. The summed E-state index contributed by atoms with van der Waals surface area (Å²) in [5.74, 6) is 4.21. The van der Waals surface area contributed by atoms with Gasteiger partial charge in [-0.1, -0.05) is 26.0 Å². The Morgan fingerprint density at radius 3 is 2.88 bits per heavy atom. The van der Waals surface area contributed by atoms with Gasteiger partial charge in [0, 0.05) is 32.2 Å². The second kappa shape index (κ2) is 10.5. The van der Waals surface area contributed by atoms with Crippen molar-refractivity contribution in [2.45, 2.75) is 77.0 Å². The lowest BCUT2D eigenvalue weighted by Crippen LogP contribution is -2.49. The van der Waals surface area contributed by atoms with Gasteiger partial charge < -0.3 is 15.2 Å². The normalized spacial score (nSPS) is 37.1. The molecule has 0 radical (unpaired) electrons. The average Bonchev–Trinajstić information content (AvgIpc) is 3.18. The molecule has 2 aliphatic heterocycles. The van der Waals surface area contributed by atoms with Crippen LogP contribution in [-0.4, -0.2) is 66.9 Å². The van der Waals surface area contributed by atoms with Gasteiger partial charge in [0.25, 0.3) is 0 Å². The predicted octanol–water partition coefficient (Wildman–Crippen LogP) is 4.08. The number of halogens is 2. The number of aliphatic hydroxyl groups is 1. The van der Waals surface area contributed by atoms with Crippen molar-refractivity contribution in [3.63, 3.8) is 0 Å². The first-order valence-corrected chi connectivity index (χ1v) is 12.8. The van der Waals surface area contributed by atoms with Gasteiger partial charge in [-0.2, -0.15) is 8.78 Å². The van der Waals surface area contributed by atoms with Crippen LogP contribution in [0.4, 0.5) is 8.78 Å². The molecule has 5 nitrogen and oxygen atoms in total. The summed E-state index contributed by atoms with van der Waals surface area (Å²) < 4.78 is 33.9. The van der Waals surface area contributed by atoms with E-state index in [0.29, 0.717) is 42.6 Å². The van der Waals surface area contributed by atoms with Crippen LogP contribution in [0.15, 0.2) is 17.1 Å². The minimum absolute atomic E-state index is 0.112.